The summed E-state index contributed by atoms with van der Waals surface area (Å²) in [6.07, 6.45) is 2.42. The Bertz CT molecular complexity index is 510. The maximum Gasteiger partial charge on any atom is 0.244 e. The van der Waals surface area contributed by atoms with Crippen molar-refractivity contribution in [3.8, 4) is 5.75 Å². The van der Waals surface area contributed by atoms with Gasteiger partial charge in [-0.05, 0) is 38.1 Å². The number of hydrogen-bond donors (Lipinski definition) is 1. The Morgan fingerprint density at radius 1 is 1.26 bits per heavy atom. The molecule has 1 aliphatic heterocycles. The molecule has 0 saturated carbocycles. The molecule has 5 nitrogen and oxygen atoms in total. The van der Waals surface area contributed by atoms with E-state index in [2.05, 4.69) is 9.62 Å². The minimum Gasteiger partial charge on any atom is -0.495 e. The fraction of sp³-hybridized carbons (Fsp3) is 0.538. The van der Waals surface area contributed by atoms with Crippen LogP contribution in [0.5, 0.6) is 5.75 Å². The molecule has 1 saturated heterocycles. The molecule has 0 unspecified atom stereocenters. The molecule has 0 amide bonds. The van der Waals surface area contributed by atoms with Crippen LogP contribution in [0.2, 0.25) is 0 Å². The van der Waals surface area contributed by atoms with Crippen molar-refractivity contribution in [1.29, 1.82) is 0 Å². The molecule has 1 aromatic carbocycles. The van der Waals surface area contributed by atoms with Crippen LogP contribution in [0.4, 0.5) is 0 Å². The van der Waals surface area contributed by atoms with Crippen LogP contribution in [0, 0.1) is 0 Å². The number of likely N-dealkylation sites (tertiary alicyclic amines) is 1. The van der Waals surface area contributed by atoms with Gasteiger partial charge in [0, 0.05) is 13.1 Å². The summed E-state index contributed by atoms with van der Waals surface area (Å²) in [5, 5.41) is 0. The lowest BCUT2D eigenvalue weighted by Gasteiger charge is -2.15. The summed E-state index contributed by atoms with van der Waals surface area (Å²) in [7, 11) is -2.03. The van der Waals surface area contributed by atoms with Gasteiger partial charge in [-0.3, -0.25) is 0 Å². The number of nitrogens with zero attached hydrogens (tertiary/aromatic N) is 1. The van der Waals surface area contributed by atoms with Gasteiger partial charge in [0.05, 0.1) is 7.11 Å². The van der Waals surface area contributed by atoms with Crippen LogP contribution in [0.3, 0.4) is 0 Å². The lowest BCUT2D eigenvalue weighted by atomic mass is 10.3. The summed E-state index contributed by atoms with van der Waals surface area (Å²) in [6.45, 7) is 3.32. The Hall–Kier alpha value is -1.11. The minimum absolute atomic E-state index is 0.193. The van der Waals surface area contributed by atoms with Crippen molar-refractivity contribution < 1.29 is 13.2 Å². The zero-order valence-corrected chi connectivity index (χ0v) is 11.9. The Morgan fingerprint density at radius 2 is 1.95 bits per heavy atom. The maximum absolute atomic E-state index is 12.2. The predicted octanol–water partition coefficient (Wildman–Crippen LogP) is 1.07. The van der Waals surface area contributed by atoms with Gasteiger partial charge < -0.3 is 9.64 Å². The Balaban J connectivity index is 1.97. The first kappa shape index (κ1) is 14.3. The molecule has 0 aliphatic carbocycles. The van der Waals surface area contributed by atoms with Crippen LogP contribution in [0.15, 0.2) is 29.2 Å². The zero-order chi connectivity index (χ0) is 13.7. The molecule has 1 heterocycles. The number of benzene rings is 1. The van der Waals surface area contributed by atoms with Gasteiger partial charge in [-0.15, -0.1) is 0 Å². The molecule has 19 heavy (non-hydrogen) atoms. The monoisotopic (exact) mass is 284 g/mol. The molecule has 6 heteroatoms. The van der Waals surface area contributed by atoms with Crippen LogP contribution in [0.25, 0.3) is 0 Å². The molecule has 0 atom stereocenters. The van der Waals surface area contributed by atoms with Crippen LogP contribution in [-0.2, 0) is 10.0 Å². The Kier molecular flexibility index (Phi) is 4.79. The van der Waals surface area contributed by atoms with Gasteiger partial charge in [-0.2, -0.15) is 0 Å². The van der Waals surface area contributed by atoms with Crippen molar-refractivity contribution >= 4 is 10.0 Å². The predicted molar refractivity (Wildman–Crippen MR) is 73.9 cm³/mol. The maximum atomic E-state index is 12.2. The zero-order valence-electron chi connectivity index (χ0n) is 11.1. The largest absolute Gasteiger partial charge is 0.495 e. The summed E-state index contributed by atoms with van der Waals surface area (Å²) in [5.74, 6) is 0.371. The molecule has 0 spiro atoms. The second-order valence-corrected chi connectivity index (χ2v) is 6.33. The van der Waals surface area contributed by atoms with Crippen molar-refractivity contribution in [2.24, 2.45) is 0 Å². The average Bonchev–Trinajstić information content (AvgIpc) is 2.91. The normalized spacial score (nSPS) is 16.7. The molecule has 0 radical (unpaired) electrons. The molecular weight excluding hydrogens is 264 g/mol. The summed E-state index contributed by atoms with van der Waals surface area (Å²) in [4.78, 5) is 2.46. The van der Waals surface area contributed by atoms with Gasteiger partial charge in [-0.1, -0.05) is 12.1 Å². The quantitative estimate of drug-likeness (QED) is 0.849. The van der Waals surface area contributed by atoms with Gasteiger partial charge in [0.2, 0.25) is 10.0 Å². The van der Waals surface area contributed by atoms with E-state index in [4.69, 9.17) is 4.74 Å². The van der Waals surface area contributed by atoms with E-state index in [1.165, 1.54) is 20.0 Å². The molecule has 106 valence electrons. The van der Waals surface area contributed by atoms with Crippen LogP contribution in [-0.4, -0.2) is 46.6 Å². The highest BCUT2D eigenvalue weighted by Crippen LogP contribution is 2.22. The van der Waals surface area contributed by atoms with Gasteiger partial charge in [-0.25, -0.2) is 13.1 Å². The number of hydrogen-bond acceptors (Lipinski definition) is 4. The van der Waals surface area contributed by atoms with E-state index in [1.54, 1.807) is 24.3 Å². The minimum atomic E-state index is -3.50. The molecule has 2 rings (SSSR count). The standard InChI is InChI=1S/C13H20N2O3S/c1-18-12-6-2-3-7-13(12)19(16,17)14-8-11-15-9-4-5-10-15/h2-3,6-7,14H,4-5,8-11H2,1H3. The van der Waals surface area contributed by atoms with Gasteiger partial charge >= 0.3 is 0 Å². The Morgan fingerprint density at radius 3 is 2.63 bits per heavy atom. The molecular formula is C13H20N2O3S. The van der Waals surface area contributed by atoms with Crippen molar-refractivity contribution in [2.75, 3.05) is 33.3 Å². The second-order valence-electron chi connectivity index (χ2n) is 4.60. The average molecular weight is 284 g/mol. The van der Waals surface area contributed by atoms with Crippen molar-refractivity contribution in [3.63, 3.8) is 0 Å². The number of sulfonamides is 1. The van der Waals surface area contributed by atoms with Crippen molar-refractivity contribution in [3.05, 3.63) is 24.3 Å². The van der Waals surface area contributed by atoms with Crippen LogP contribution >= 0.6 is 0 Å². The van der Waals surface area contributed by atoms with E-state index in [0.29, 0.717) is 12.3 Å². The molecule has 1 aromatic rings. The molecule has 1 aliphatic rings. The van der Waals surface area contributed by atoms with Gasteiger partial charge in [0.15, 0.2) is 0 Å². The number of nitrogens with one attached hydrogen (secondary N) is 1. The third-order valence-corrected chi connectivity index (χ3v) is 4.78. The lowest BCUT2D eigenvalue weighted by Crippen LogP contribution is -2.33. The SMILES string of the molecule is COc1ccccc1S(=O)(=O)NCCN1CCCC1. The number of rotatable bonds is 6. The fourth-order valence-electron chi connectivity index (χ4n) is 2.26. The molecule has 1 N–H and O–H groups in total. The van der Waals surface area contributed by atoms with E-state index < -0.39 is 10.0 Å². The number of methoxy groups -OCH3 is 1. The fourth-order valence-corrected chi connectivity index (χ4v) is 3.45. The van der Waals surface area contributed by atoms with Gasteiger partial charge in [0.1, 0.15) is 10.6 Å². The summed E-state index contributed by atoms with van der Waals surface area (Å²) >= 11 is 0. The van der Waals surface area contributed by atoms with E-state index in [-0.39, 0.29) is 4.90 Å². The van der Waals surface area contributed by atoms with E-state index >= 15 is 0 Å². The first-order valence-corrected chi connectivity index (χ1v) is 7.97. The second kappa shape index (κ2) is 6.36. The Labute approximate surface area is 114 Å². The molecule has 0 aromatic heterocycles. The molecule has 0 bridgehead atoms. The third kappa shape index (κ3) is 3.68. The highest BCUT2D eigenvalue weighted by Gasteiger charge is 2.19. The number of para-hydroxylation sites is 1. The highest BCUT2D eigenvalue weighted by molar-refractivity contribution is 7.89. The van der Waals surface area contributed by atoms with E-state index in [9.17, 15) is 8.42 Å². The highest BCUT2D eigenvalue weighted by atomic mass is 32.2. The summed E-state index contributed by atoms with van der Waals surface area (Å²) < 4.78 is 32.1. The third-order valence-electron chi connectivity index (χ3n) is 3.28. The molecule has 1 fully saturated rings. The summed E-state index contributed by atoms with van der Waals surface area (Å²) in [6, 6.07) is 6.64. The topological polar surface area (TPSA) is 58.6 Å². The van der Waals surface area contributed by atoms with Crippen molar-refractivity contribution in [1.82, 2.24) is 9.62 Å². The smallest absolute Gasteiger partial charge is 0.244 e. The first-order chi connectivity index (χ1) is 9.13. The summed E-state index contributed by atoms with van der Waals surface area (Å²) in [5.41, 5.74) is 0. The van der Waals surface area contributed by atoms with Crippen LogP contribution < -0.4 is 9.46 Å². The van der Waals surface area contributed by atoms with Crippen LogP contribution in [0.1, 0.15) is 12.8 Å². The van der Waals surface area contributed by atoms with E-state index in [0.717, 1.165) is 19.6 Å². The van der Waals surface area contributed by atoms with Gasteiger partial charge in [0.25, 0.3) is 0 Å². The lowest BCUT2D eigenvalue weighted by molar-refractivity contribution is 0.344. The van der Waals surface area contributed by atoms with Crippen molar-refractivity contribution in [2.45, 2.75) is 17.7 Å². The van der Waals surface area contributed by atoms with E-state index in [1.807, 2.05) is 0 Å². The number of ether oxygens (including phenoxy) is 1. The first-order valence-electron chi connectivity index (χ1n) is 6.48.